The Morgan fingerprint density at radius 3 is 2.63 bits per heavy atom. The third kappa shape index (κ3) is 2.93. The highest BCUT2D eigenvalue weighted by Gasteiger charge is 2.09. The Balaban J connectivity index is 2.12. The molecule has 0 saturated carbocycles. The smallest absolute Gasteiger partial charge is 0.171 e. The lowest BCUT2D eigenvalue weighted by Gasteiger charge is -2.10. The van der Waals surface area contributed by atoms with Crippen LogP contribution >= 0.6 is 0 Å². The van der Waals surface area contributed by atoms with Crippen LogP contribution in [0.25, 0.3) is 0 Å². The molecule has 0 aliphatic rings. The van der Waals surface area contributed by atoms with Crippen molar-refractivity contribution in [3.8, 4) is 11.5 Å². The number of rotatable bonds is 4. The molecular weight excluding hydrogens is 252 g/mol. The summed E-state index contributed by atoms with van der Waals surface area (Å²) >= 11 is 0. The highest BCUT2D eigenvalue weighted by molar-refractivity contribution is 5.45. The van der Waals surface area contributed by atoms with Gasteiger partial charge in [0.15, 0.2) is 11.6 Å². The van der Waals surface area contributed by atoms with Crippen molar-refractivity contribution in [2.24, 2.45) is 0 Å². The van der Waals surface area contributed by atoms with Gasteiger partial charge in [-0.15, -0.1) is 0 Å². The Morgan fingerprint density at radius 1 is 1.16 bits per heavy atom. The van der Waals surface area contributed by atoms with Crippen LogP contribution in [0.4, 0.5) is 14.5 Å². The van der Waals surface area contributed by atoms with Gasteiger partial charge in [-0.25, -0.2) is 8.78 Å². The van der Waals surface area contributed by atoms with Gasteiger partial charge in [-0.05, 0) is 18.2 Å². The molecule has 0 aliphatic carbocycles. The second kappa shape index (κ2) is 5.56. The topological polar surface area (TPSA) is 44.5 Å². The number of ether oxygens (including phenoxy) is 2. The number of benzene rings is 2. The summed E-state index contributed by atoms with van der Waals surface area (Å²) in [5.41, 5.74) is 5.75. The van der Waals surface area contributed by atoms with E-state index in [4.69, 9.17) is 15.2 Å². The van der Waals surface area contributed by atoms with Crippen molar-refractivity contribution in [1.29, 1.82) is 0 Å². The molecule has 3 nitrogen and oxygen atoms in total. The van der Waals surface area contributed by atoms with Gasteiger partial charge in [0.1, 0.15) is 18.2 Å². The van der Waals surface area contributed by atoms with Gasteiger partial charge in [-0.3, -0.25) is 0 Å². The van der Waals surface area contributed by atoms with Crippen molar-refractivity contribution in [2.75, 3.05) is 12.8 Å². The molecule has 100 valence electrons. The van der Waals surface area contributed by atoms with Crippen LogP contribution in [0, 0.1) is 11.6 Å². The summed E-state index contributed by atoms with van der Waals surface area (Å²) in [5, 5.41) is 0. The minimum absolute atomic E-state index is 0.00804. The van der Waals surface area contributed by atoms with Crippen LogP contribution in [0.2, 0.25) is 0 Å². The molecule has 0 aliphatic heterocycles. The number of hydrogen-bond acceptors (Lipinski definition) is 3. The lowest BCUT2D eigenvalue weighted by atomic mass is 10.2. The average molecular weight is 265 g/mol. The van der Waals surface area contributed by atoms with E-state index in [1.165, 1.54) is 31.4 Å². The van der Waals surface area contributed by atoms with Gasteiger partial charge in [0.05, 0.1) is 12.8 Å². The van der Waals surface area contributed by atoms with Gasteiger partial charge in [0.2, 0.25) is 0 Å². The van der Waals surface area contributed by atoms with Crippen molar-refractivity contribution < 1.29 is 18.3 Å². The molecule has 2 rings (SSSR count). The molecule has 2 N–H and O–H groups in total. The highest BCUT2D eigenvalue weighted by atomic mass is 19.1. The molecule has 0 heterocycles. The van der Waals surface area contributed by atoms with Crippen molar-refractivity contribution in [3.05, 3.63) is 53.6 Å². The molecular formula is C14H13F2NO2. The molecule has 0 saturated heterocycles. The van der Waals surface area contributed by atoms with Crippen molar-refractivity contribution in [2.45, 2.75) is 6.61 Å². The van der Waals surface area contributed by atoms with E-state index in [0.29, 0.717) is 11.3 Å². The largest absolute Gasteiger partial charge is 0.494 e. The Kier molecular flexibility index (Phi) is 3.85. The first-order valence-corrected chi connectivity index (χ1v) is 5.61. The molecule has 2 aromatic carbocycles. The van der Waals surface area contributed by atoms with Crippen LogP contribution in [0.3, 0.4) is 0 Å². The van der Waals surface area contributed by atoms with Gasteiger partial charge in [0, 0.05) is 11.6 Å². The van der Waals surface area contributed by atoms with E-state index in [1.807, 2.05) is 0 Å². The molecule has 0 amide bonds. The maximum absolute atomic E-state index is 13.8. The van der Waals surface area contributed by atoms with Gasteiger partial charge < -0.3 is 15.2 Å². The molecule has 0 unspecified atom stereocenters. The third-order valence-corrected chi connectivity index (χ3v) is 2.62. The number of hydrogen-bond donors (Lipinski definition) is 1. The van der Waals surface area contributed by atoms with E-state index in [2.05, 4.69) is 0 Å². The summed E-state index contributed by atoms with van der Waals surface area (Å²) in [5.74, 6) is -0.458. The molecule has 0 radical (unpaired) electrons. The summed E-state index contributed by atoms with van der Waals surface area (Å²) in [6.07, 6.45) is 0. The van der Waals surface area contributed by atoms with Crippen LogP contribution in [0.1, 0.15) is 5.56 Å². The van der Waals surface area contributed by atoms with Gasteiger partial charge in [0.25, 0.3) is 0 Å². The summed E-state index contributed by atoms with van der Waals surface area (Å²) in [6, 6.07) is 8.77. The number of methoxy groups -OCH3 is 1. The zero-order valence-corrected chi connectivity index (χ0v) is 10.3. The normalized spacial score (nSPS) is 10.3. The average Bonchev–Trinajstić information content (AvgIpc) is 2.41. The zero-order chi connectivity index (χ0) is 13.8. The van der Waals surface area contributed by atoms with Gasteiger partial charge in [-0.1, -0.05) is 12.1 Å². The van der Waals surface area contributed by atoms with Crippen LogP contribution in [-0.2, 0) is 6.61 Å². The predicted octanol–water partition coefficient (Wildman–Crippen LogP) is 3.13. The van der Waals surface area contributed by atoms with E-state index >= 15 is 0 Å². The van der Waals surface area contributed by atoms with Crippen LogP contribution in [0.5, 0.6) is 11.5 Å². The Hall–Kier alpha value is -2.30. The standard InChI is InChI=1S/C14H13F2NO2/c1-18-13-4-2-3-9(14(13)16)8-19-10-5-6-11(15)12(17)7-10/h2-7H,8,17H2,1H3. The lowest BCUT2D eigenvalue weighted by Crippen LogP contribution is -2.01. The first kappa shape index (κ1) is 13.1. The molecule has 0 bridgehead atoms. The van der Waals surface area contributed by atoms with E-state index in [-0.39, 0.29) is 18.0 Å². The minimum Gasteiger partial charge on any atom is -0.494 e. The van der Waals surface area contributed by atoms with Crippen LogP contribution in [0.15, 0.2) is 36.4 Å². The molecule has 0 fully saturated rings. The number of nitrogen functional groups attached to an aromatic ring is 1. The Labute approximate surface area is 109 Å². The van der Waals surface area contributed by atoms with Crippen LogP contribution in [-0.4, -0.2) is 7.11 Å². The van der Waals surface area contributed by atoms with E-state index in [0.717, 1.165) is 0 Å². The predicted molar refractivity (Wildman–Crippen MR) is 68.1 cm³/mol. The molecule has 0 atom stereocenters. The van der Waals surface area contributed by atoms with Crippen molar-refractivity contribution in [1.82, 2.24) is 0 Å². The summed E-state index contributed by atoms with van der Waals surface area (Å²) in [4.78, 5) is 0. The summed E-state index contributed by atoms with van der Waals surface area (Å²) in [6.45, 7) is 0.00804. The summed E-state index contributed by atoms with van der Waals surface area (Å²) < 4.78 is 37.0. The number of halogens is 2. The van der Waals surface area contributed by atoms with E-state index < -0.39 is 11.6 Å². The second-order valence-electron chi connectivity index (χ2n) is 3.91. The zero-order valence-electron chi connectivity index (χ0n) is 10.3. The van der Waals surface area contributed by atoms with Gasteiger partial charge in [-0.2, -0.15) is 0 Å². The minimum atomic E-state index is -0.514. The molecule has 0 aromatic heterocycles. The Bertz CT molecular complexity index is 588. The highest BCUT2D eigenvalue weighted by Crippen LogP contribution is 2.23. The lowest BCUT2D eigenvalue weighted by molar-refractivity contribution is 0.295. The summed E-state index contributed by atoms with van der Waals surface area (Å²) in [7, 11) is 1.39. The number of anilines is 1. The molecule has 19 heavy (non-hydrogen) atoms. The maximum Gasteiger partial charge on any atom is 0.171 e. The SMILES string of the molecule is COc1cccc(COc2ccc(F)c(N)c2)c1F. The fourth-order valence-electron chi connectivity index (χ4n) is 1.60. The second-order valence-corrected chi connectivity index (χ2v) is 3.91. The quantitative estimate of drug-likeness (QED) is 0.864. The van der Waals surface area contributed by atoms with Gasteiger partial charge >= 0.3 is 0 Å². The van der Waals surface area contributed by atoms with E-state index in [1.54, 1.807) is 12.1 Å². The number of nitrogens with two attached hydrogens (primary N) is 1. The maximum atomic E-state index is 13.8. The first-order chi connectivity index (χ1) is 9.11. The molecule has 5 heteroatoms. The van der Waals surface area contributed by atoms with Crippen molar-refractivity contribution >= 4 is 5.69 Å². The Morgan fingerprint density at radius 2 is 1.95 bits per heavy atom. The first-order valence-electron chi connectivity index (χ1n) is 5.61. The molecule has 0 spiro atoms. The van der Waals surface area contributed by atoms with E-state index in [9.17, 15) is 8.78 Å². The fraction of sp³-hybridized carbons (Fsp3) is 0.143. The molecule has 2 aromatic rings. The van der Waals surface area contributed by atoms with Crippen molar-refractivity contribution in [3.63, 3.8) is 0 Å². The fourth-order valence-corrected chi connectivity index (χ4v) is 1.60. The monoisotopic (exact) mass is 265 g/mol. The third-order valence-electron chi connectivity index (χ3n) is 2.62. The van der Waals surface area contributed by atoms with Crippen LogP contribution < -0.4 is 15.2 Å².